The number of nitrogens with two attached hydrogens (primary N) is 1. The number of H-pyrrole nitrogens is 1. The minimum Gasteiger partial charge on any atom is -0.366 e. The summed E-state index contributed by atoms with van der Waals surface area (Å²) < 4.78 is 43.6. The number of alkyl halides is 3. The molecule has 0 spiro atoms. The number of piperazine rings is 1. The highest BCUT2D eigenvalue weighted by Crippen LogP contribution is 2.36. The van der Waals surface area contributed by atoms with Crippen LogP contribution >= 0.6 is 11.6 Å². The standard InChI is InChI=1S/C33H34ClF3N10O4/c1-47(2)13-7-19(8-14-47)31(50)44-9-11-45(12-10-44)32(51)22-5-4-21(15-24(22)34)41-30(49)29-40-17-25(42-29)23-18-46(43-27(23)33(35,36)37)26-6-3-20(16-39-26)28(38)48/h3-6,15-19H,7-14H2,1-2H3,(H3-,38,40,41,42,48,49,51)/p+1. The highest BCUT2D eigenvalue weighted by molar-refractivity contribution is 6.34. The van der Waals surface area contributed by atoms with E-state index in [2.05, 4.69) is 39.5 Å². The first kappa shape index (κ1) is 35.5. The minimum absolute atomic E-state index is 0.0104. The minimum atomic E-state index is -4.87. The topological polar surface area (TPSA) is 172 Å². The number of quaternary nitrogens is 1. The number of carbonyl (C=O) groups is 4. The number of benzene rings is 1. The SMILES string of the molecule is C[N+]1(C)CCC(C(=O)N2CCN(C(=O)c3ccc(NC(=O)c4ncc(-c5cn(-c6ccc(C(N)=O)cn6)nc5C(F)(F)F)[nH]4)cc3Cl)CC2)CC1. The molecule has 0 bridgehead atoms. The van der Waals surface area contributed by atoms with E-state index >= 15 is 0 Å². The number of pyridine rings is 1. The third-order valence-corrected chi connectivity index (χ3v) is 9.49. The van der Waals surface area contributed by atoms with Gasteiger partial charge in [-0.15, -0.1) is 0 Å². The number of imidazole rings is 1. The van der Waals surface area contributed by atoms with Crippen molar-refractivity contribution in [1.29, 1.82) is 0 Å². The molecular formula is C33H35ClF3N10O4+. The normalized spacial score (nSPS) is 16.6. The van der Waals surface area contributed by atoms with E-state index in [9.17, 15) is 32.3 Å². The van der Waals surface area contributed by atoms with Crippen LogP contribution in [0.3, 0.4) is 0 Å². The summed E-state index contributed by atoms with van der Waals surface area (Å²) in [7, 11) is 4.33. The van der Waals surface area contributed by atoms with E-state index in [4.69, 9.17) is 17.3 Å². The molecule has 2 saturated heterocycles. The second-order valence-corrected chi connectivity index (χ2v) is 13.6. The average molecular weight is 728 g/mol. The highest BCUT2D eigenvalue weighted by atomic mass is 35.5. The molecule has 5 heterocycles. The lowest BCUT2D eigenvalue weighted by molar-refractivity contribution is -0.895. The maximum atomic E-state index is 13.9. The Kier molecular flexibility index (Phi) is 9.61. The summed E-state index contributed by atoms with van der Waals surface area (Å²) in [4.78, 5) is 64.7. The van der Waals surface area contributed by atoms with E-state index in [0.717, 1.165) is 53.7 Å². The Morgan fingerprint density at radius 3 is 2.27 bits per heavy atom. The lowest BCUT2D eigenvalue weighted by atomic mass is 9.94. The van der Waals surface area contributed by atoms with Crippen molar-refractivity contribution in [2.45, 2.75) is 19.0 Å². The van der Waals surface area contributed by atoms with Crippen molar-refractivity contribution in [1.82, 2.24) is 34.5 Å². The smallest absolute Gasteiger partial charge is 0.366 e. The number of hydrogen-bond acceptors (Lipinski definition) is 7. The van der Waals surface area contributed by atoms with Gasteiger partial charge in [-0.05, 0) is 30.3 Å². The molecule has 18 heteroatoms. The van der Waals surface area contributed by atoms with E-state index in [1.54, 1.807) is 4.90 Å². The molecular weight excluding hydrogens is 693 g/mol. The van der Waals surface area contributed by atoms with Crippen molar-refractivity contribution in [2.24, 2.45) is 11.7 Å². The van der Waals surface area contributed by atoms with Gasteiger partial charge in [0, 0.05) is 63.0 Å². The van der Waals surface area contributed by atoms with E-state index in [1.807, 2.05) is 4.90 Å². The van der Waals surface area contributed by atoms with Crippen LogP contribution in [-0.2, 0) is 11.0 Å². The van der Waals surface area contributed by atoms with Gasteiger partial charge in [0.2, 0.25) is 11.8 Å². The van der Waals surface area contributed by atoms with Gasteiger partial charge in [-0.1, -0.05) is 11.6 Å². The number of nitrogens with one attached hydrogen (secondary N) is 2. The van der Waals surface area contributed by atoms with E-state index in [-0.39, 0.29) is 56.9 Å². The Morgan fingerprint density at radius 2 is 1.67 bits per heavy atom. The Bertz CT molecular complexity index is 1970. The van der Waals surface area contributed by atoms with E-state index in [0.29, 0.717) is 26.2 Å². The van der Waals surface area contributed by atoms with Gasteiger partial charge in [0.1, 0.15) is 0 Å². The number of likely N-dealkylation sites (tertiary alicyclic amines) is 1. The maximum absolute atomic E-state index is 13.9. The van der Waals surface area contributed by atoms with Crippen LogP contribution in [0.2, 0.25) is 5.02 Å². The molecule has 0 aliphatic carbocycles. The summed E-state index contributed by atoms with van der Waals surface area (Å²) >= 11 is 6.47. The molecule has 4 N–H and O–H groups in total. The molecule has 0 radical (unpaired) electrons. The van der Waals surface area contributed by atoms with Crippen LogP contribution in [0.5, 0.6) is 0 Å². The monoisotopic (exact) mass is 727 g/mol. The number of aromatic amines is 1. The number of anilines is 1. The largest absolute Gasteiger partial charge is 0.435 e. The van der Waals surface area contributed by atoms with Crippen molar-refractivity contribution in [3.8, 4) is 17.1 Å². The summed E-state index contributed by atoms with van der Waals surface area (Å²) in [5, 5.41) is 6.29. The predicted molar refractivity (Wildman–Crippen MR) is 179 cm³/mol. The molecule has 4 amide bonds. The first-order valence-electron chi connectivity index (χ1n) is 16.1. The van der Waals surface area contributed by atoms with Crippen LogP contribution in [0.1, 0.15) is 49.9 Å². The van der Waals surface area contributed by atoms with Gasteiger partial charge in [0.15, 0.2) is 17.3 Å². The molecule has 0 atom stereocenters. The molecule has 0 saturated carbocycles. The third kappa shape index (κ3) is 7.73. The molecule has 4 aromatic rings. The molecule has 2 fully saturated rings. The molecule has 6 rings (SSSR count). The Hall–Kier alpha value is -5.29. The van der Waals surface area contributed by atoms with E-state index < -0.39 is 29.2 Å². The number of halogens is 4. The first-order chi connectivity index (χ1) is 24.1. The molecule has 2 aliphatic heterocycles. The molecule has 3 aromatic heterocycles. The number of rotatable bonds is 7. The fourth-order valence-corrected chi connectivity index (χ4v) is 6.43. The fourth-order valence-electron chi connectivity index (χ4n) is 6.17. The van der Waals surface area contributed by atoms with Gasteiger partial charge in [0.05, 0.1) is 60.8 Å². The lowest BCUT2D eigenvalue weighted by Crippen LogP contribution is -2.54. The van der Waals surface area contributed by atoms with Crippen LogP contribution in [-0.4, -0.2) is 116 Å². The summed E-state index contributed by atoms with van der Waals surface area (Å²) in [6.45, 7) is 3.50. The number of carbonyl (C=O) groups excluding carboxylic acids is 4. The Balaban J connectivity index is 1.09. The van der Waals surface area contributed by atoms with Gasteiger partial charge in [0.25, 0.3) is 11.8 Å². The number of primary amides is 1. The fraction of sp³-hybridized carbons (Fsp3) is 0.364. The maximum Gasteiger partial charge on any atom is 0.435 e. The summed E-state index contributed by atoms with van der Waals surface area (Å²) in [6.07, 6.45) is 0.0751. The first-order valence-corrected chi connectivity index (χ1v) is 16.5. The average Bonchev–Trinajstić information content (AvgIpc) is 3.77. The second kappa shape index (κ2) is 13.8. The molecule has 2 aliphatic rings. The van der Waals surface area contributed by atoms with Crippen molar-refractivity contribution < 1.29 is 36.8 Å². The molecule has 268 valence electrons. The molecule has 51 heavy (non-hydrogen) atoms. The summed E-state index contributed by atoms with van der Waals surface area (Å²) in [5.74, 6) is -1.99. The number of piperidine rings is 1. The van der Waals surface area contributed by atoms with Crippen molar-refractivity contribution in [2.75, 3.05) is 58.7 Å². The quantitative estimate of drug-likeness (QED) is 0.245. The highest BCUT2D eigenvalue weighted by Gasteiger charge is 2.39. The zero-order valence-electron chi connectivity index (χ0n) is 27.7. The van der Waals surface area contributed by atoms with Crippen LogP contribution in [0.4, 0.5) is 18.9 Å². The number of aromatic nitrogens is 5. The molecule has 0 unspecified atom stereocenters. The zero-order valence-corrected chi connectivity index (χ0v) is 28.5. The third-order valence-electron chi connectivity index (χ3n) is 9.18. The van der Waals surface area contributed by atoms with Crippen molar-refractivity contribution in [3.63, 3.8) is 0 Å². The van der Waals surface area contributed by atoms with Crippen molar-refractivity contribution >= 4 is 40.9 Å². The Labute approximate surface area is 295 Å². The second-order valence-electron chi connectivity index (χ2n) is 13.2. The molecule has 14 nitrogen and oxygen atoms in total. The van der Waals surface area contributed by atoms with Gasteiger partial charge in [-0.3, -0.25) is 19.2 Å². The van der Waals surface area contributed by atoms with Crippen LogP contribution in [0.25, 0.3) is 17.1 Å². The number of hydrogen-bond donors (Lipinski definition) is 3. The van der Waals surface area contributed by atoms with Gasteiger partial charge in [-0.2, -0.15) is 18.3 Å². The summed E-state index contributed by atoms with van der Waals surface area (Å²) in [5.41, 5.74) is 3.91. The van der Waals surface area contributed by atoms with Gasteiger partial charge >= 0.3 is 6.18 Å². The van der Waals surface area contributed by atoms with E-state index in [1.165, 1.54) is 30.3 Å². The summed E-state index contributed by atoms with van der Waals surface area (Å²) in [6, 6.07) is 6.93. The molecule has 1 aromatic carbocycles. The number of amides is 4. The van der Waals surface area contributed by atoms with Crippen molar-refractivity contribution in [3.05, 3.63) is 76.6 Å². The van der Waals surface area contributed by atoms with Crippen LogP contribution in [0.15, 0.2) is 48.9 Å². The lowest BCUT2D eigenvalue weighted by Gasteiger charge is -2.40. The van der Waals surface area contributed by atoms with Gasteiger partial charge in [-0.25, -0.2) is 14.6 Å². The predicted octanol–water partition coefficient (Wildman–Crippen LogP) is 3.45. The van der Waals surface area contributed by atoms with Crippen LogP contribution < -0.4 is 11.1 Å². The van der Waals surface area contributed by atoms with Crippen LogP contribution in [0, 0.1) is 5.92 Å². The zero-order chi connectivity index (χ0) is 36.7. The Morgan fingerprint density at radius 1 is 0.980 bits per heavy atom. The number of nitrogens with zero attached hydrogens (tertiary/aromatic N) is 7. The van der Waals surface area contributed by atoms with Gasteiger partial charge < -0.3 is 30.3 Å².